The van der Waals surface area contributed by atoms with E-state index in [0.29, 0.717) is 28.8 Å². The van der Waals surface area contributed by atoms with Crippen LogP contribution in [0.1, 0.15) is 6.92 Å². The summed E-state index contributed by atoms with van der Waals surface area (Å²) in [6, 6.07) is 13.2. The zero-order valence-electron chi connectivity index (χ0n) is 13.9. The number of halogens is 1. The Morgan fingerprint density at radius 2 is 1.92 bits per heavy atom. The van der Waals surface area contributed by atoms with Gasteiger partial charge in [0.25, 0.3) is 0 Å². The molecule has 1 amide bonds. The standard InChI is InChI=1S/C17H19ClN2O4S/c1-3-24-16-9-5-7-14(11-16)19-17(21)12-20(25(2,22)23)15-8-4-6-13(18)10-15/h4-11H,3,12H2,1-2H3,(H,19,21). The Hall–Kier alpha value is -2.25. The van der Waals surface area contributed by atoms with E-state index in [1.54, 1.807) is 42.5 Å². The Morgan fingerprint density at radius 3 is 2.56 bits per heavy atom. The van der Waals surface area contributed by atoms with Crippen molar-refractivity contribution in [3.63, 3.8) is 0 Å². The number of carbonyl (C=O) groups is 1. The molecule has 1 N–H and O–H groups in total. The molecule has 0 unspecified atom stereocenters. The number of hydrogen-bond acceptors (Lipinski definition) is 4. The van der Waals surface area contributed by atoms with E-state index in [-0.39, 0.29) is 6.54 Å². The Kier molecular flexibility index (Phi) is 6.27. The third-order valence-corrected chi connectivity index (χ3v) is 4.59. The zero-order valence-corrected chi connectivity index (χ0v) is 15.5. The first-order chi connectivity index (χ1) is 11.8. The lowest BCUT2D eigenvalue weighted by Crippen LogP contribution is -2.37. The van der Waals surface area contributed by atoms with Crippen LogP contribution in [0.4, 0.5) is 11.4 Å². The van der Waals surface area contributed by atoms with Gasteiger partial charge in [-0.1, -0.05) is 23.7 Å². The lowest BCUT2D eigenvalue weighted by molar-refractivity contribution is -0.114. The lowest BCUT2D eigenvalue weighted by atomic mass is 10.3. The number of ether oxygens (including phenoxy) is 1. The molecule has 2 rings (SSSR count). The molecule has 0 heterocycles. The van der Waals surface area contributed by atoms with Gasteiger partial charge in [0.15, 0.2) is 0 Å². The first-order valence-corrected chi connectivity index (χ1v) is 9.78. The summed E-state index contributed by atoms with van der Waals surface area (Å²) in [7, 11) is -3.65. The van der Waals surface area contributed by atoms with E-state index < -0.39 is 15.9 Å². The minimum Gasteiger partial charge on any atom is -0.494 e. The van der Waals surface area contributed by atoms with E-state index in [1.165, 1.54) is 6.07 Å². The Morgan fingerprint density at radius 1 is 1.20 bits per heavy atom. The molecule has 0 aliphatic rings. The lowest BCUT2D eigenvalue weighted by Gasteiger charge is -2.22. The van der Waals surface area contributed by atoms with E-state index in [9.17, 15) is 13.2 Å². The van der Waals surface area contributed by atoms with Crippen LogP contribution in [0.15, 0.2) is 48.5 Å². The number of nitrogens with zero attached hydrogens (tertiary/aromatic N) is 1. The zero-order chi connectivity index (χ0) is 18.4. The SMILES string of the molecule is CCOc1cccc(NC(=O)CN(c2cccc(Cl)c2)S(C)(=O)=O)c1. The number of carbonyl (C=O) groups excluding carboxylic acids is 1. The maximum absolute atomic E-state index is 12.3. The molecular formula is C17H19ClN2O4S. The van der Waals surface area contributed by atoms with Crippen molar-refractivity contribution >= 4 is 38.9 Å². The molecule has 0 radical (unpaired) electrons. The van der Waals surface area contributed by atoms with Crippen molar-refractivity contribution in [2.45, 2.75) is 6.92 Å². The highest BCUT2D eigenvalue weighted by Gasteiger charge is 2.21. The molecule has 2 aromatic rings. The normalized spacial score (nSPS) is 11.0. The van der Waals surface area contributed by atoms with Gasteiger partial charge >= 0.3 is 0 Å². The quantitative estimate of drug-likeness (QED) is 0.798. The first-order valence-electron chi connectivity index (χ1n) is 7.55. The molecule has 134 valence electrons. The Balaban J connectivity index is 2.16. The molecule has 25 heavy (non-hydrogen) atoms. The predicted molar refractivity (Wildman–Crippen MR) is 99.9 cm³/mol. The van der Waals surface area contributed by atoms with Crippen LogP contribution in [-0.2, 0) is 14.8 Å². The van der Waals surface area contributed by atoms with Gasteiger partial charge in [0.05, 0.1) is 18.6 Å². The van der Waals surface area contributed by atoms with Crippen LogP contribution in [0, 0.1) is 0 Å². The van der Waals surface area contributed by atoms with Gasteiger partial charge in [-0.15, -0.1) is 0 Å². The average Bonchev–Trinajstić information content (AvgIpc) is 2.52. The molecule has 0 aliphatic carbocycles. The largest absolute Gasteiger partial charge is 0.494 e. The predicted octanol–water partition coefficient (Wildman–Crippen LogP) is 3.14. The second-order valence-corrected chi connectivity index (χ2v) is 7.60. The highest BCUT2D eigenvalue weighted by Crippen LogP contribution is 2.22. The van der Waals surface area contributed by atoms with Gasteiger partial charge in [-0.05, 0) is 37.3 Å². The van der Waals surface area contributed by atoms with Gasteiger partial charge in [0.1, 0.15) is 12.3 Å². The average molecular weight is 383 g/mol. The van der Waals surface area contributed by atoms with Crippen LogP contribution < -0.4 is 14.4 Å². The number of nitrogens with one attached hydrogen (secondary N) is 1. The number of sulfonamides is 1. The smallest absolute Gasteiger partial charge is 0.245 e. The highest BCUT2D eigenvalue weighted by atomic mass is 35.5. The van der Waals surface area contributed by atoms with E-state index in [4.69, 9.17) is 16.3 Å². The highest BCUT2D eigenvalue weighted by molar-refractivity contribution is 7.92. The van der Waals surface area contributed by atoms with E-state index in [1.807, 2.05) is 6.92 Å². The number of benzene rings is 2. The number of rotatable bonds is 7. The summed E-state index contributed by atoms with van der Waals surface area (Å²) >= 11 is 5.92. The number of anilines is 2. The molecule has 0 fully saturated rings. The summed E-state index contributed by atoms with van der Waals surface area (Å²) in [5.41, 5.74) is 0.851. The van der Waals surface area contributed by atoms with Gasteiger partial charge in [-0.3, -0.25) is 9.10 Å². The molecule has 6 nitrogen and oxygen atoms in total. The van der Waals surface area contributed by atoms with Crippen LogP contribution in [0.5, 0.6) is 5.75 Å². The molecule has 0 aromatic heterocycles. The minimum atomic E-state index is -3.65. The molecule has 0 bridgehead atoms. The van der Waals surface area contributed by atoms with Crippen LogP contribution >= 0.6 is 11.6 Å². The molecule has 0 atom stereocenters. The summed E-state index contributed by atoms with van der Waals surface area (Å²) in [6.45, 7) is 2.01. The second kappa shape index (κ2) is 8.22. The first kappa shape index (κ1) is 19.1. The molecule has 0 spiro atoms. The third-order valence-electron chi connectivity index (χ3n) is 3.21. The minimum absolute atomic E-state index is 0.327. The van der Waals surface area contributed by atoms with Crippen molar-refractivity contribution in [1.29, 1.82) is 0 Å². The summed E-state index contributed by atoms with van der Waals surface area (Å²) in [5.74, 6) is 0.147. The fourth-order valence-electron chi connectivity index (χ4n) is 2.19. The Labute approximate surface area is 152 Å². The van der Waals surface area contributed by atoms with Gasteiger partial charge in [-0.2, -0.15) is 0 Å². The van der Waals surface area contributed by atoms with E-state index >= 15 is 0 Å². The molecular weight excluding hydrogens is 364 g/mol. The summed E-state index contributed by atoms with van der Waals surface area (Å²) in [6.07, 6.45) is 1.04. The molecule has 0 saturated heterocycles. The van der Waals surface area contributed by atoms with Gasteiger partial charge < -0.3 is 10.1 Å². The number of amides is 1. The van der Waals surface area contributed by atoms with Crippen molar-refractivity contribution in [3.05, 3.63) is 53.6 Å². The van der Waals surface area contributed by atoms with Crippen molar-refractivity contribution in [2.75, 3.05) is 29.0 Å². The fourth-order valence-corrected chi connectivity index (χ4v) is 3.23. The van der Waals surface area contributed by atoms with Crippen LogP contribution in [0.3, 0.4) is 0 Å². The van der Waals surface area contributed by atoms with Crippen molar-refractivity contribution < 1.29 is 17.9 Å². The van der Waals surface area contributed by atoms with Crippen molar-refractivity contribution in [1.82, 2.24) is 0 Å². The summed E-state index contributed by atoms with van der Waals surface area (Å²) in [5, 5.41) is 3.05. The summed E-state index contributed by atoms with van der Waals surface area (Å²) < 4.78 is 30.5. The molecule has 8 heteroatoms. The van der Waals surface area contributed by atoms with Crippen LogP contribution in [0.25, 0.3) is 0 Å². The van der Waals surface area contributed by atoms with Crippen molar-refractivity contribution in [3.8, 4) is 5.75 Å². The van der Waals surface area contributed by atoms with Crippen molar-refractivity contribution in [2.24, 2.45) is 0 Å². The molecule has 0 aliphatic heterocycles. The molecule has 2 aromatic carbocycles. The number of hydrogen-bond donors (Lipinski definition) is 1. The van der Waals surface area contributed by atoms with E-state index in [2.05, 4.69) is 5.32 Å². The van der Waals surface area contributed by atoms with E-state index in [0.717, 1.165) is 10.6 Å². The molecule has 0 saturated carbocycles. The topological polar surface area (TPSA) is 75.7 Å². The van der Waals surface area contributed by atoms with Gasteiger partial charge in [-0.25, -0.2) is 8.42 Å². The Bertz CT molecular complexity index is 855. The maximum Gasteiger partial charge on any atom is 0.245 e. The third kappa shape index (κ3) is 5.65. The summed E-state index contributed by atoms with van der Waals surface area (Å²) in [4.78, 5) is 12.3. The van der Waals surface area contributed by atoms with Crippen LogP contribution in [0.2, 0.25) is 5.02 Å². The second-order valence-electron chi connectivity index (χ2n) is 5.26. The fraction of sp³-hybridized carbons (Fsp3) is 0.235. The van der Waals surface area contributed by atoms with Crippen LogP contribution in [-0.4, -0.2) is 33.7 Å². The van der Waals surface area contributed by atoms with Gasteiger partial charge in [0, 0.05) is 16.8 Å². The maximum atomic E-state index is 12.3. The van der Waals surface area contributed by atoms with Gasteiger partial charge in [0.2, 0.25) is 15.9 Å². The monoisotopic (exact) mass is 382 g/mol.